The van der Waals surface area contributed by atoms with E-state index in [1.54, 1.807) is 23.2 Å². The van der Waals surface area contributed by atoms with Crippen molar-refractivity contribution in [2.24, 2.45) is 11.7 Å². The van der Waals surface area contributed by atoms with Gasteiger partial charge in [0, 0.05) is 18.8 Å². The molecular weight excluding hydrogens is 244 g/mol. The van der Waals surface area contributed by atoms with Crippen LogP contribution in [0.15, 0.2) is 48.8 Å². The number of carbonyl (C=O) groups excluding carboxylic acids is 1. The van der Waals surface area contributed by atoms with E-state index in [9.17, 15) is 4.79 Å². The van der Waals surface area contributed by atoms with Gasteiger partial charge in [0.25, 0.3) is 0 Å². The van der Waals surface area contributed by atoms with Crippen LogP contribution >= 0.6 is 0 Å². The van der Waals surface area contributed by atoms with Crippen LogP contribution in [0.2, 0.25) is 0 Å². The number of nitrogens with two attached hydrogens (primary N) is 2. The first-order valence-electron chi connectivity index (χ1n) is 5.53. The average Bonchev–Trinajstić information content (AvgIpc) is 2.49. The number of rotatable bonds is 2. The molecule has 0 atom stereocenters. The van der Waals surface area contributed by atoms with Gasteiger partial charge in [-0.15, -0.1) is 0 Å². The summed E-state index contributed by atoms with van der Waals surface area (Å²) in [7, 11) is 0. The van der Waals surface area contributed by atoms with Crippen LogP contribution in [-0.2, 0) is 6.42 Å². The summed E-state index contributed by atoms with van der Waals surface area (Å²) in [5.41, 5.74) is 4.72. The minimum absolute atomic E-state index is 0.602. The maximum absolute atomic E-state index is 9.71. The summed E-state index contributed by atoms with van der Waals surface area (Å²) in [6.45, 7) is 0. The van der Waals surface area contributed by atoms with Gasteiger partial charge in [0.05, 0.1) is 0 Å². The largest absolute Gasteiger partial charge is 0.343 e. The summed E-state index contributed by atoms with van der Waals surface area (Å²) in [4.78, 5) is 18.0. The van der Waals surface area contributed by atoms with Gasteiger partial charge in [-0.05, 0) is 11.6 Å². The highest BCUT2D eigenvalue weighted by Gasteiger charge is 1.95. The number of amides is 2. The molecule has 0 saturated heterocycles. The molecular formula is C12H16N6O. The molecule has 19 heavy (non-hydrogen) atoms. The molecule has 0 fully saturated rings. The third kappa shape index (κ3) is 6.10. The molecule has 0 aliphatic heterocycles. The van der Waals surface area contributed by atoms with Crippen molar-refractivity contribution in [3.05, 3.63) is 60.2 Å². The van der Waals surface area contributed by atoms with Gasteiger partial charge < -0.3 is 0 Å². The molecule has 2 aromatic rings. The number of aromatic nitrogens is 2. The number of hydrogen-bond acceptors (Lipinski definition) is 5. The zero-order valence-electron chi connectivity index (χ0n) is 10.3. The molecule has 6 N–H and O–H groups in total. The van der Waals surface area contributed by atoms with Crippen molar-refractivity contribution < 1.29 is 4.79 Å². The molecule has 0 spiro atoms. The maximum atomic E-state index is 9.71. The number of carbonyl (C=O) groups is 1. The van der Waals surface area contributed by atoms with Crippen molar-refractivity contribution in [2.45, 2.75) is 6.42 Å². The summed E-state index contributed by atoms with van der Waals surface area (Å²) in [6, 6.07) is 11.4. The van der Waals surface area contributed by atoms with Crippen LogP contribution in [-0.4, -0.2) is 16.0 Å². The summed E-state index contributed by atoms with van der Waals surface area (Å²) >= 11 is 0. The van der Waals surface area contributed by atoms with E-state index in [0.29, 0.717) is 0 Å². The van der Waals surface area contributed by atoms with E-state index in [-0.39, 0.29) is 0 Å². The van der Waals surface area contributed by atoms with E-state index >= 15 is 0 Å². The molecule has 1 heterocycles. The number of hydrogen-bond donors (Lipinski definition) is 4. The van der Waals surface area contributed by atoms with Gasteiger partial charge in [0.2, 0.25) is 0 Å². The zero-order chi connectivity index (χ0) is 13.9. The number of benzene rings is 1. The fraction of sp³-hybridized carbons (Fsp3) is 0.0833. The number of nitrogens with zero attached hydrogens (tertiary/aromatic N) is 2. The highest BCUT2D eigenvalue weighted by molar-refractivity contribution is 5.72. The second-order valence-corrected chi connectivity index (χ2v) is 3.45. The first-order chi connectivity index (χ1) is 9.26. The van der Waals surface area contributed by atoms with E-state index in [1.807, 2.05) is 24.3 Å². The van der Waals surface area contributed by atoms with Crippen LogP contribution in [0.4, 0.5) is 4.79 Å². The molecule has 0 radical (unpaired) electrons. The molecule has 0 unspecified atom stereocenters. The predicted octanol–water partition coefficient (Wildman–Crippen LogP) is 0.100. The Hall–Kier alpha value is -2.51. The molecule has 0 aliphatic carbocycles. The molecule has 7 heteroatoms. The molecule has 100 valence electrons. The highest BCUT2D eigenvalue weighted by atomic mass is 16.2. The Kier molecular flexibility index (Phi) is 6.56. The SMILES string of the molecule is NNC(=O)NN.c1ccc(Cc2ncccn2)cc1. The third-order valence-electron chi connectivity index (χ3n) is 2.09. The Balaban J connectivity index is 0.000000258. The van der Waals surface area contributed by atoms with Crippen LogP contribution in [0, 0.1) is 0 Å². The molecule has 2 rings (SSSR count). The normalized spacial score (nSPS) is 8.95. The third-order valence-corrected chi connectivity index (χ3v) is 2.09. The van der Waals surface area contributed by atoms with Crippen LogP contribution in [0.5, 0.6) is 0 Å². The fourth-order valence-electron chi connectivity index (χ4n) is 1.24. The van der Waals surface area contributed by atoms with E-state index < -0.39 is 6.03 Å². The van der Waals surface area contributed by atoms with Gasteiger partial charge in [-0.3, -0.25) is 10.9 Å². The van der Waals surface area contributed by atoms with Crippen molar-refractivity contribution in [3.8, 4) is 0 Å². The first kappa shape index (κ1) is 14.6. The minimum Gasteiger partial charge on any atom is -0.275 e. The highest BCUT2D eigenvalue weighted by Crippen LogP contribution is 2.03. The molecule has 2 amide bonds. The number of hydrazine groups is 2. The Morgan fingerprint density at radius 3 is 2.05 bits per heavy atom. The lowest BCUT2D eigenvalue weighted by Gasteiger charge is -1.98. The summed E-state index contributed by atoms with van der Waals surface area (Å²) < 4.78 is 0. The van der Waals surface area contributed by atoms with Gasteiger partial charge in [0.15, 0.2) is 0 Å². The van der Waals surface area contributed by atoms with Crippen LogP contribution in [0.3, 0.4) is 0 Å². The smallest absolute Gasteiger partial charge is 0.275 e. The Morgan fingerprint density at radius 2 is 1.58 bits per heavy atom. The quantitative estimate of drug-likeness (QED) is 0.347. The topological polar surface area (TPSA) is 119 Å². The molecule has 1 aromatic carbocycles. The molecule has 0 bridgehead atoms. The van der Waals surface area contributed by atoms with Gasteiger partial charge in [0.1, 0.15) is 5.82 Å². The molecule has 0 aliphatic rings. The Labute approximate surface area is 111 Å². The van der Waals surface area contributed by atoms with E-state index in [1.165, 1.54) is 5.56 Å². The Morgan fingerprint density at radius 1 is 1.00 bits per heavy atom. The maximum Gasteiger partial charge on any atom is 0.343 e. The molecule has 7 nitrogen and oxygen atoms in total. The zero-order valence-corrected chi connectivity index (χ0v) is 10.3. The first-order valence-corrected chi connectivity index (χ1v) is 5.53. The lowest BCUT2D eigenvalue weighted by molar-refractivity contribution is 0.241. The van der Waals surface area contributed by atoms with Crippen molar-refractivity contribution in [3.63, 3.8) is 0 Å². The summed E-state index contributed by atoms with van der Waals surface area (Å²) in [6.07, 6.45) is 4.35. The van der Waals surface area contributed by atoms with Crippen molar-refractivity contribution in [1.29, 1.82) is 0 Å². The van der Waals surface area contributed by atoms with Crippen LogP contribution in [0.25, 0.3) is 0 Å². The van der Waals surface area contributed by atoms with Gasteiger partial charge in [-0.2, -0.15) is 0 Å². The van der Waals surface area contributed by atoms with E-state index in [4.69, 9.17) is 0 Å². The second kappa shape index (κ2) is 8.56. The number of nitrogens with one attached hydrogen (secondary N) is 2. The van der Waals surface area contributed by atoms with Gasteiger partial charge in [-0.25, -0.2) is 26.4 Å². The summed E-state index contributed by atoms with van der Waals surface area (Å²) in [5.74, 6) is 9.95. The molecule has 1 aromatic heterocycles. The predicted molar refractivity (Wildman–Crippen MR) is 71.3 cm³/mol. The van der Waals surface area contributed by atoms with Gasteiger partial charge >= 0.3 is 6.03 Å². The lowest BCUT2D eigenvalue weighted by atomic mass is 10.1. The van der Waals surface area contributed by atoms with Crippen molar-refractivity contribution in [2.75, 3.05) is 0 Å². The minimum atomic E-state index is -0.602. The van der Waals surface area contributed by atoms with Crippen molar-refractivity contribution >= 4 is 6.03 Å². The van der Waals surface area contributed by atoms with Crippen molar-refractivity contribution in [1.82, 2.24) is 20.8 Å². The average molecular weight is 260 g/mol. The molecule has 0 saturated carbocycles. The van der Waals surface area contributed by atoms with E-state index in [0.717, 1.165) is 12.2 Å². The standard InChI is InChI=1S/C11H10N2.CH6N4O/c1-2-5-10(6-3-1)9-11-12-7-4-8-13-11;2-4-1(6)5-3/h1-8H,9H2;2-3H2,(H2,4,5,6). The van der Waals surface area contributed by atoms with E-state index in [2.05, 4.69) is 33.8 Å². The lowest BCUT2D eigenvalue weighted by Crippen LogP contribution is -2.43. The van der Waals surface area contributed by atoms with Crippen LogP contribution in [0.1, 0.15) is 11.4 Å². The monoisotopic (exact) mass is 260 g/mol. The fourth-order valence-corrected chi connectivity index (χ4v) is 1.24. The number of urea groups is 1. The summed E-state index contributed by atoms with van der Waals surface area (Å²) in [5, 5.41) is 0. The Bertz CT molecular complexity index is 433. The van der Waals surface area contributed by atoms with Gasteiger partial charge in [-0.1, -0.05) is 30.3 Å². The second-order valence-electron chi connectivity index (χ2n) is 3.45. The van der Waals surface area contributed by atoms with Crippen LogP contribution < -0.4 is 22.5 Å².